The van der Waals surface area contributed by atoms with Crippen molar-refractivity contribution >= 4 is 22.3 Å². The Morgan fingerprint density at radius 2 is 2.40 bits per heavy atom. The molecule has 1 N–H and O–H groups in total. The summed E-state index contributed by atoms with van der Waals surface area (Å²) < 4.78 is 1.65. The van der Waals surface area contributed by atoms with Crippen LogP contribution in [0.4, 0.5) is 0 Å². The monoisotopic (exact) mass is 225 g/mol. The smallest absolute Gasteiger partial charge is 0.309 e. The molecule has 0 aromatic carbocycles. The first kappa shape index (κ1) is 10.1. The van der Waals surface area contributed by atoms with Gasteiger partial charge in [-0.15, -0.1) is 0 Å². The van der Waals surface area contributed by atoms with Gasteiger partial charge in [0.15, 0.2) is 0 Å². The number of aliphatic carboxylic acids is 1. The van der Waals surface area contributed by atoms with Crippen molar-refractivity contribution < 1.29 is 9.90 Å². The molecule has 0 aliphatic carbocycles. The summed E-state index contributed by atoms with van der Waals surface area (Å²) in [5.74, 6) is -0.496. The highest BCUT2D eigenvalue weighted by molar-refractivity contribution is 7.16. The molecule has 0 fully saturated rings. The Hall–Kier alpha value is -1.43. The number of imidazole rings is 1. The van der Waals surface area contributed by atoms with Crippen molar-refractivity contribution in [3.63, 3.8) is 0 Å². The number of hydrogen-bond donors (Lipinski definition) is 1. The number of carboxylic acids is 1. The Balaban J connectivity index is 2.34. The van der Waals surface area contributed by atoms with E-state index in [4.69, 9.17) is 5.11 Å². The van der Waals surface area contributed by atoms with Gasteiger partial charge < -0.3 is 5.11 Å². The first-order chi connectivity index (χ1) is 7.06. The van der Waals surface area contributed by atoms with Crippen molar-refractivity contribution in [3.05, 3.63) is 16.9 Å². The Kier molecular flexibility index (Phi) is 2.44. The van der Waals surface area contributed by atoms with Crippen LogP contribution in [0.25, 0.3) is 4.96 Å². The number of fused-ring (bicyclic) bond motifs is 1. The molecule has 2 aromatic rings. The van der Waals surface area contributed by atoms with Crippen LogP contribution in [0.2, 0.25) is 0 Å². The summed E-state index contributed by atoms with van der Waals surface area (Å²) in [7, 11) is 0. The van der Waals surface area contributed by atoms with E-state index in [2.05, 4.69) is 23.9 Å². The normalized spacial score (nSPS) is 11.4. The molecule has 15 heavy (non-hydrogen) atoms. The highest BCUT2D eigenvalue weighted by atomic mass is 32.1. The molecule has 80 valence electrons. The van der Waals surface area contributed by atoms with Crippen LogP contribution in [0.1, 0.15) is 30.5 Å². The Morgan fingerprint density at radius 3 is 2.93 bits per heavy atom. The number of carbonyl (C=O) groups is 1. The van der Waals surface area contributed by atoms with Gasteiger partial charge in [-0.25, -0.2) is 9.50 Å². The number of hydrogen-bond acceptors (Lipinski definition) is 4. The molecule has 0 aliphatic heterocycles. The first-order valence-corrected chi connectivity index (χ1v) is 5.44. The predicted octanol–water partition coefficient (Wildman–Crippen LogP) is 1.54. The van der Waals surface area contributed by atoms with Gasteiger partial charge in [-0.2, -0.15) is 5.10 Å². The van der Waals surface area contributed by atoms with Gasteiger partial charge in [0.25, 0.3) is 0 Å². The van der Waals surface area contributed by atoms with E-state index in [1.54, 1.807) is 10.7 Å². The topological polar surface area (TPSA) is 67.5 Å². The molecular weight excluding hydrogens is 214 g/mol. The van der Waals surface area contributed by atoms with Crippen molar-refractivity contribution in [2.24, 2.45) is 0 Å². The second kappa shape index (κ2) is 3.62. The zero-order chi connectivity index (χ0) is 11.0. The van der Waals surface area contributed by atoms with E-state index in [0.717, 1.165) is 9.97 Å². The fourth-order valence-corrected chi connectivity index (χ4v) is 2.14. The van der Waals surface area contributed by atoms with Crippen molar-refractivity contribution in [1.29, 1.82) is 0 Å². The van der Waals surface area contributed by atoms with E-state index in [1.807, 2.05) is 0 Å². The molecule has 0 saturated heterocycles. The molecule has 0 aliphatic rings. The van der Waals surface area contributed by atoms with Crippen LogP contribution in [-0.2, 0) is 11.2 Å². The van der Waals surface area contributed by atoms with Gasteiger partial charge in [0.1, 0.15) is 5.01 Å². The van der Waals surface area contributed by atoms with Crippen LogP contribution >= 0.6 is 11.3 Å². The number of nitrogens with zero attached hydrogens (tertiary/aromatic N) is 3. The highest BCUT2D eigenvalue weighted by Crippen LogP contribution is 2.21. The van der Waals surface area contributed by atoms with E-state index in [-0.39, 0.29) is 6.42 Å². The molecule has 0 unspecified atom stereocenters. The van der Waals surface area contributed by atoms with Crippen molar-refractivity contribution in [1.82, 2.24) is 14.6 Å². The fourth-order valence-electron chi connectivity index (χ4n) is 1.23. The predicted molar refractivity (Wildman–Crippen MR) is 56.3 cm³/mol. The Bertz CT molecular complexity index is 469. The van der Waals surface area contributed by atoms with Crippen molar-refractivity contribution in [2.75, 3.05) is 0 Å². The van der Waals surface area contributed by atoms with Gasteiger partial charge >= 0.3 is 5.97 Å². The lowest BCUT2D eigenvalue weighted by Crippen LogP contribution is -2.00. The number of carboxylic acid groups (broad SMARTS) is 1. The zero-order valence-electron chi connectivity index (χ0n) is 8.47. The molecule has 2 aromatic heterocycles. The second-order valence-electron chi connectivity index (χ2n) is 3.62. The van der Waals surface area contributed by atoms with E-state index < -0.39 is 5.97 Å². The zero-order valence-corrected chi connectivity index (χ0v) is 9.28. The van der Waals surface area contributed by atoms with Gasteiger partial charge in [-0.05, 0) is 0 Å². The van der Waals surface area contributed by atoms with E-state index in [9.17, 15) is 4.79 Å². The van der Waals surface area contributed by atoms with Crippen LogP contribution in [0.15, 0.2) is 6.20 Å². The largest absolute Gasteiger partial charge is 0.481 e. The first-order valence-electron chi connectivity index (χ1n) is 4.63. The van der Waals surface area contributed by atoms with E-state index in [0.29, 0.717) is 11.6 Å². The van der Waals surface area contributed by atoms with Gasteiger partial charge in [0.2, 0.25) is 4.96 Å². The van der Waals surface area contributed by atoms with Crippen LogP contribution in [0.5, 0.6) is 0 Å². The molecule has 0 amide bonds. The summed E-state index contributed by atoms with van der Waals surface area (Å²) in [5.41, 5.74) is 0.552. The summed E-state index contributed by atoms with van der Waals surface area (Å²) in [6.07, 6.45) is 1.62. The third-order valence-electron chi connectivity index (χ3n) is 1.93. The molecule has 2 rings (SSSR count). The van der Waals surface area contributed by atoms with Crippen LogP contribution in [-0.4, -0.2) is 25.7 Å². The fraction of sp³-hybridized carbons (Fsp3) is 0.444. The SMILES string of the molecule is CC(C)c1nn2cc(CC(=O)O)nc2s1. The molecular formula is C9H11N3O2S. The Labute approximate surface area is 90.4 Å². The third-order valence-corrected chi connectivity index (χ3v) is 3.16. The van der Waals surface area contributed by atoms with Gasteiger partial charge in [-0.1, -0.05) is 25.2 Å². The maximum atomic E-state index is 10.5. The molecule has 2 heterocycles. The van der Waals surface area contributed by atoms with Gasteiger partial charge in [0.05, 0.1) is 18.3 Å². The second-order valence-corrected chi connectivity index (χ2v) is 4.61. The molecule has 0 atom stereocenters. The quantitative estimate of drug-likeness (QED) is 0.860. The molecule has 0 radical (unpaired) electrons. The van der Waals surface area contributed by atoms with Gasteiger partial charge in [-0.3, -0.25) is 4.79 Å². The number of aromatic nitrogens is 3. The minimum Gasteiger partial charge on any atom is -0.481 e. The average Bonchev–Trinajstić information content (AvgIpc) is 2.58. The maximum Gasteiger partial charge on any atom is 0.309 e. The van der Waals surface area contributed by atoms with E-state index in [1.165, 1.54) is 11.3 Å². The lowest BCUT2D eigenvalue weighted by Gasteiger charge is -1.94. The molecule has 0 bridgehead atoms. The molecule has 6 heteroatoms. The molecule has 5 nitrogen and oxygen atoms in total. The van der Waals surface area contributed by atoms with Crippen LogP contribution in [0, 0.1) is 0 Å². The van der Waals surface area contributed by atoms with Gasteiger partial charge in [0, 0.05) is 5.92 Å². The summed E-state index contributed by atoms with van der Waals surface area (Å²) in [6.45, 7) is 4.13. The Morgan fingerprint density at radius 1 is 1.67 bits per heavy atom. The summed E-state index contributed by atoms with van der Waals surface area (Å²) in [5, 5.41) is 13.9. The minimum atomic E-state index is -0.871. The van der Waals surface area contributed by atoms with Crippen LogP contribution < -0.4 is 0 Å². The van der Waals surface area contributed by atoms with Crippen LogP contribution in [0.3, 0.4) is 0 Å². The van der Waals surface area contributed by atoms with Crippen molar-refractivity contribution in [3.8, 4) is 0 Å². The van der Waals surface area contributed by atoms with E-state index >= 15 is 0 Å². The highest BCUT2D eigenvalue weighted by Gasteiger charge is 2.11. The number of rotatable bonds is 3. The summed E-state index contributed by atoms with van der Waals surface area (Å²) in [6, 6.07) is 0. The third kappa shape index (κ3) is 1.99. The lowest BCUT2D eigenvalue weighted by atomic mass is 10.2. The molecule has 0 saturated carbocycles. The lowest BCUT2D eigenvalue weighted by molar-refractivity contribution is -0.136. The summed E-state index contributed by atoms with van der Waals surface area (Å²) in [4.78, 5) is 15.4. The standard InChI is InChI=1S/C9H11N3O2S/c1-5(2)8-11-12-4-6(3-7(13)14)10-9(12)15-8/h4-5H,3H2,1-2H3,(H,13,14). The molecule has 0 spiro atoms. The maximum absolute atomic E-state index is 10.5. The average molecular weight is 225 g/mol. The summed E-state index contributed by atoms with van der Waals surface area (Å²) >= 11 is 1.50. The minimum absolute atomic E-state index is 0.0485. The van der Waals surface area contributed by atoms with Crippen molar-refractivity contribution in [2.45, 2.75) is 26.2 Å².